The lowest BCUT2D eigenvalue weighted by Crippen LogP contribution is -2.40. The average molecular weight is 380 g/mol. The number of aryl methyl sites for hydroxylation is 1. The zero-order valence-corrected chi connectivity index (χ0v) is 15.1. The molecular weight excluding hydrogens is 364 g/mol. The summed E-state index contributed by atoms with van der Waals surface area (Å²) in [4.78, 5) is 42.0. The van der Waals surface area contributed by atoms with Crippen molar-refractivity contribution in [1.82, 2.24) is 20.4 Å². The van der Waals surface area contributed by atoms with Crippen LogP contribution in [0.5, 0.6) is 0 Å². The molecule has 1 aliphatic rings. The summed E-state index contributed by atoms with van der Waals surface area (Å²) in [6.07, 6.45) is 4.67. The van der Waals surface area contributed by atoms with E-state index in [0.717, 1.165) is 23.5 Å². The van der Waals surface area contributed by atoms with Gasteiger partial charge in [-0.15, -0.1) is 11.3 Å². The zero-order chi connectivity index (χ0) is 18.8. The average Bonchev–Trinajstić information content (AvgIpc) is 3.36. The third kappa shape index (κ3) is 3.52. The highest BCUT2D eigenvalue weighted by Gasteiger charge is 2.17. The lowest BCUT2D eigenvalue weighted by atomic mass is 10.1. The predicted molar refractivity (Wildman–Crippen MR) is 103 cm³/mol. The molecule has 7 nitrogen and oxygen atoms in total. The van der Waals surface area contributed by atoms with Crippen LogP contribution in [0.1, 0.15) is 27.5 Å². The van der Waals surface area contributed by atoms with Crippen molar-refractivity contribution in [3.8, 4) is 0 Å². The van der Waals surface area contributed by atoms with Crippen LogP contribution in [0.2, 0.25) is 0 Å². The fourth-order valence-electron chi connectivity index (χ4n) is 3.00. The molecule has 0 aliphatic carbocycles. The number of thiophene rings is 1. The zero-order valence-electron chi connectivity index (χ0n) is 14.3. The lowest BCUT2D eigenvalue weighted by Gasteiger charge is -2.08. The van der Waals surface area contributed by atoms with Crippen molar-refractivity contribution in [2.45, 2.75) is 19.4 Å². The lowest BCUT2D eigenvalue weighted by molar-refractivity contribution is -0.117. The van der Waals surface area contributed by atoms with Gasteiger partial charge in [-0.3, -0.25) is 29.8 Å². The Balaban J connectivity index is 1.47. The molecule has 0 saturated carbocycles. The summed E-state index contributed by atoms with van der Waals surface area (Å²) in [5.74, 6) is -0.166. The SMILES string of the molecule is O=C(/C=C/c1cccs1)NNC(=O)c1ccc2c(=O)n3c(nc2c1)CCC3. The Hall–Kier alpha value is -3.26. The number of fused-ring (bicyclic) bond motifs is 2. The Bertz CT molecular complexity index is 1120. The molecule has 0 unspecified atom stereocenters. The molecule has 0 spiro atoms. The van der Waals surface area contributed by atoms with E-state index in [0.29, 0.717) is 23.0 Å². The number of hydrogen-bond acceptors (Lipinski definition) is 5. The molecule has 136 valence electrons. The van der Waals surface area contributed by atoms with Gasteiger partial charge < -0.3 is 0 Å². The Kier molecular flexibility index (Phi) is 4.55. The number of amides is 2. The molecule has 0 bridgehead atoms. The summed E-state index contributed by atoms with van der Waals surface area (Å²) in [5, 5.41) is 2.40. The van der Waals surface area contributed by atoms with Gasteiger partial charge in [0.2, 0.25) is 0 Å². The number of aromatic nitrogens is 2. The first-order valence-corrected chi connectivity index (χ1v) is 9.35. The van der Waals surface area contributed by atoms with Crippen LogP contribution in [0.4, 0.5) is 0 Å². The van der Waals surface area contributed by atoms with Crippen molar-refractivity contribution in [2.24, 2.45) is 0 Å². The molecule has 4 rings (SSSR count). The third-order valence-corrected chi connectivity index (χ3v) is 5.16. The molecule has 0 fully saturated rings. The number of hydrazine groups is 1. The first-order valence-electron chi connectivity index (χ1n) is 8.47. The van der Waals surface area contributed by atoms with Crippen LogP contribution in [0.3, 0.4) is 0 Å². The molecule has 2 amide bonds. The highest BCUT2D eigenvalue weighted by atomic mass is 32.1. The van der Waals surface area contributed by atoms with E-state index in [9.17, 15) is 14.4 Å². The number of carbonyl (C=O) groups is 2. The number of nitrogens with one attached hydrogen (secondary N) is 2. The molecule has 1 aromatic carbocycles. The highest BCUT2D eigenvalue weighted by Crippen LogP contribution is 2.16. The number of benzene rings is 1. The molecule has 2 aromatic heterocycles. The molecule has 0 radical (unpaired) electrons. The molecule has 2 N–H and O–H groups in total. The topological polar surface area (TPSA) is 93.1 Å². The molecule has 27 heavy (non-hydrogen) atoms. The summed E-state index contributed by atoms with van der Waals surface area (Å²) < 4.78 is 1.68. The van der Waals surface area contributed by atoms with Crippen molar-refractivity contribution in [2.75, 3.05) is 0 Å². The Morgan fingerprint density at radius 2 is 2.11 bits per heavy atom. The van der Waals surface area contributed by atoms with Crippen LogP contribution in [0.25, 0.3) is 17.0 Å². The summed E-state index contributed by atoms with van der Waals surface area (Å²) in [6.45, 7) is 0.685. The van der Waals surface area contributed by atoms with Crippen molar-refractivity contribution in [1.29, 1.82) is 0 Å². The van der Waals surface area contributed by atoms with Gasteiger partial charge in [-0.25, -0.2) is 4.98 Å². The van der Waals surface area contributed by atoms with E-state index in [1.165, 1.54) is 17.4 Å². The van der Waals surface area contributed by atoms with Crippen LogP contribution in [-0.2, 0) is 17.8 Å². The van der Waals surface area contributed by atoms with Crippen molar-refractivity contribution >= 4 is 40.1 Å². The van der Waals surface area contributed by atoms with Crippen LogP contribution < -0.4 is 16.4 Å². The minimum Gasteiger partial charge on any atom is -0.296 e. The monoisotopic (exact) mass is 380 g/mol. The van der Waals surface area contributed by atoms with E-state index in [1.807, 2.05) is 17.5 Å². The third-order valence-electron chi connectivity index (χ3n) is 4.32. The number of hydrogen-bond donors (Lipinski definition) is 2. The Labute approximate surface area is 158 Å². The standard InChI is InChI=1S/C19H16N4O3S/c24-17(8-6-13-3-2-10-27-13)21-22-18(25)12-5-7-14-15(11-12)20-16-4-1-9-23(16)19(14)26/h2-3,5-8,10-11H,1,4,9H2,(H,21,24)(H,22,25)/b8-6+. The van der Waals surface area contributed by atoms with Crippen LogP contribution in [-0.4, -0.2) is 21.4 Å². The number of nitrogens with zero attached hydrogens (tertiary/aromatic N) is 2. The van der Waals surface area contributed by atoms with E-state index < -0.39 is 11.8 Å². The van der Waals surface area contributed by atoms with E-state index in [4.69, 9.17) is 0 Å². The van der Waals surface area contributed by atoms with Crippen molar-refractivity contribution in [3.05, 3.63) is 68.4 Å². The van der Waals surface area contributed by atoms with E-state index in [1.54, 1.807) is 28.8 Å². The maximum Gasteiger partial charge on any atom is 0.269 e. The minimum absolute atomic E-state index is 0.0773. The summed E-state index contributed by atoms with van der Waals surface area (Å²) >= 11 is 1.51. The van der Waals surface area contributed by atoms with Gasteiger partial charge in [-0.05, 0) is 42.1 Å². The summed E-state index contributed by atoms with van der Waals surface area (Å²) in [7, 11) is 0. The van der Waals surface area contributed by atoms with Gasteiger partial charge in [0.05, 0.1) is 10.9 Å². The fourth-order valence-corrected chi connectivity index (χ4v) is 3.62. The maximum absolute atomic E-state index is 12.4. The van der Waals surface area contributed by atoms with E-state index >= 15 is 0 Å². The highest BCUT2D eigenvalue weighted by molar-refractivity contribution is 7.10. The van der Waals surface area contributed by atoms with Gasteiger partial charge in [0.1, 0.15) is 5.82 Å². The minimum atomic E-state index is -0.475. The maximum atomic E-state index is 12.4. The Morgan fingerprint density at radius 3 is 2.93 bits per heavy atom. The van der Waals surface area contributed by atoms with Crippen LogP contribution in [0, 0.1) is 0 Å². The largest absolute Gasteiger partial charge is 0.296 e. The van der Waals surface area contributed by atoms with Gasteiger partial charge in [0, 0.05) is 29.5 Å². The first-order chi connectivity index (χ1) is 13.1. The van der Waals surface area contributed by atoms with Gasteiger partial charge >= 0.3 is 0 Å². The van der Waals surface area contributed by atoms with E-state index in [2.05, 4.69) is 15.8 Å². The van der Waals surface area contributed by atoms with Gasteiger partial charge in [0.25, 0.3) is 17.4 Å². The summed E-state index contributed by atoms with van der Waals surface area (Å²) in [5.41, 5.74) is 5.43. The normalized spacial score (nSPS) is 13.0. The first kappa shape index (κ1) is 17.2. The second-order valence-electron chi connectivity index (χ2n) is 6.11. The smallest absolute Gasteiger partial charge is 0.269 e. The Morgan fingerprint density at radius 1 is 1.22 bits per heavy atom. The van der Waals surface area contributed by atoms with Crippen molar-refractivity contribution in [3.63, 3.8) is 0 Å². The van der Waals surface area contributed by atoms with Crippen LogP contribution in [0.15, 0.2) is 46.6 Å². The second kappa shape index (κ2) is 7.16. The number of rotatable bonds is 3. The molecule has 0 atom stereocenters. The molecule has 8 heteroatoms. The fraction of sp³-hybridized carbons (Fsp3) is 0.158. The molecule has 3 aromatic rings. The van der Waals surface area contributed by atoms with Gasteiger partial charge in [-0.2, -0.15) is 0 Å². The molecular formula is C19H16N4O3S. The quantitative estimate of drug-likeness (QED) is 0.536. The molecule has 3 heterocycles. The van der Waals surface area contributed by atoms with Gasteiger partial charge in [0.15, 0.2) is 0 Å². The number of carbonyl (C=O) groups excluding carboxylic acids is 2. The molecule has 1 aliphatic heterocycles. The van der Waals surface area contributed by atoms with Crippen LogP contribution >= 0.6 is 11.3 Å². The second-order valence-corrected chi connectivity index (χ2v) is 7.09. The summed E-state index contributed by atoms with van der Waals surface area (Å²) in [6, 6.07) is 8.49. The predicted octanol–water partition coefficient (Wildman–Crippen LogP) is 1.88. The van der Waals surface area contributed by atoms with E-state index in [-0.39, 0.29) is 5.56 Å². The van der Waals surface area contributed by atoms with Gasteiger partial charge in [-0.1, -0.05) is 6.07 Å². The molecule has 0 saturated heterocycles. The van der Waals surface area contributed by atoms with Crippen molar-refractivity contribution < 1.29 is 9.59 Å².